The summed E-state index contributed by atoms with van der Waals surface area (Å²) in [6.45, 7) is -0.317. The van der Waals surface area contributed by atoms with Crippen molar-refractivity contribution < 1.29 is 20.1 Å². The molecule has 6 heteroatoms. The second-order valence-electron chi connectivity index (χ2n) is 4.62. The monoisotopic (exact) mass is 281 g/mol. The van der Waals surface area contributed by atoms with Gasteiger partial charge in [-0.25, -0.2) is 0 Å². The molecule has 0 spiro atoms. The molecular formula is C13H15NO4S. The van der Waals surface area contributed by atoms with Crippen LogP contribution < -0.4 is 0 Å². The first kappa shape index (κ1) is 13.1. The minimum absolute atomic E-state index is 0.317. The van der Waals surface area contributed by atoms with Crippen molar-refractivity contribution in [2.75, 3.05) is 6.61 Å². The van der Waals surface area contributed by atoms with Gasteiger partial charge in [-0.15, -0.1) is 0 Å². The van der Waals surface area contributed by atoms with Gasteiger partial charge in [0.25, 0.3) is 0 Å². The highest BCUT2D eigenvalue weighted by molar-refractivity contribution is 8.15. The molecule has 1 saturated heterocycles. The van der Waals surface area contributed by atoms with E-state index in [1.807, 2.05) is 30.3 Å². The lowest BCUT2D eigenvalue weighted by atomic mass is 9.99. The molecule has 0 aromatic heterocycles. The summed E-state index contributed by atoms with van der Waals surface area (Å²) in [6, 6.07) is 9.16. The molecule has 1 aromatic rings. The van der Waals surface area contributed by atoms with Gasteiger partial charge in [-0.2, -0.15) is 0 Å². The Morgan fingerprint density at radius 3 is 2.58 bits per heavy atom. The van der Waals surface area contributed by atoms with Crippen LogP contribution in [0.1, 0.15) is 5.56 Å². The van der Waals surface area contributed by atoms with E-state index < -0.39 is 24.4 Å². The van der Waals surface area contributed by atoms with Gasteiger partial charge in [0, 0.05) is 5.56 Å². The Labute approximate surface area is 114 Å². The predicted molar refractivity (Wildman–Crippen MR) is 72.1 cm³/mol. The SMILES string of the molecule is OC[C@H]1OC2SC(c3ccccc3)=NC2[C@@H](O)[C@@H]1O. The number of ether oxygens (including phenoxy) is 1. The molecular weight excluding hydrogens is 266 g/mol. The molecule has 5 atom stereocenters. The van der Waals surface area contributed by atoms with Crippen molar-refractivity contribution in [1.82, 2.24) is 0 Å². The molecule has 1 aromatic carbocycles. The molecule has 5 nitrogen and oxygen atoms in total. The number of nitrogens with zero attached hydrogens (tertiary/aromatic N) is 1. The Morgan fingerprint density at radius 2 is 1.89 bits per heavy atom. The van der Waals surface area contributed by atoms with Crippen LogP contribution in [0.25, 0.3) is 0 Å². The molecule has 3 N–H and O–H groups in total. The summed E-state index contributed by atoms with van der Waals surface area (Å²) in [7, 11) is 0. The van der Waals surface area contributed by atoms with E-state index in [4.69, 9.17) is 9.84 Å². The quantitative estimate of drug-likeness (QED) is 0.710. The summed E-state index contributed by atoms with van der Waals surface area (Å²) in [5.41, 5.74) is 0.610. The zero-order valence-corrected chi connectivity index (χ0v) is 10.9. The fourth-order valence-electron chi connectivity index (χ4n) is 2.30. The molecule has 2 unspecified atom stereocenters. The van der Waals surface area contributed by atoms with Crippen LogP contribution in [-0.2, 0) is 4.74 Å². The maximum atomic E-state index is 10.1. The number of rotatable bonds is 2. The average molecular weight is 281 g/mol. The van der Waals surface area contributed by atoms with Gasteiger partial charge in [0.1, 0.15) is 34.8 Å². The van der Waals surface area contributed by atoms with Crippen molar-refractivity contribution in [3.05, 3.63) is 35.9 Å². The number of fused-ring (bicyclic) bond motifs is 1. The highest BCUT2D eigenvalue weighted by Crippen LogP contribution is 2.38. The predicted octanol–water partition coefficient (Wildman–Crippen LogP) is -0.0124. The molecule has 0 radical (unpaired) electrons. The lowest BCUT2D eigenvalue weighted by Crippen LogP contribution is -2.55. The van der Waals surface area contributed by atoms with Gasteiger partial charge in [0.05, 0.1) is 6.61 Å². The van der Waals surface area contributed by atoms with E-state index in [1.165, 1.54) is 11.8 Å². The third-order valence-corrected chi connectivity index (χ3v) is 4.55. The molecule has 0 bridgehead atoms. The van der Waals surface area contributed by atoms with Gasteiger partial charge in [0.15, 0.2) is 0 Å². The molecule has 0 aliphatic carbocycles. The van der Waals surface area contributed by atoms with Crippen molar-refractivity contribution in [1.29, 1.82) is 0 Å². The third-order valence-electron chi connectivity index (χ3n) is 3.36. The summed E-state index contributed by atoms with van der Waals surface area (Å²) >= 11 is 1.42. The lowest BCUT2D eigenvalue weighted by Gasteiger charge is -2.37. The first-order chi connectivity index (χ1) is 9.20. The zero-order chi connectivity index (χ0) is 13.4. The molecule has 0 saturated carbocycles. The maximum Gasteiger partial charge on any atom is 0.134 e. The molecule has 0 amide bonds. The van der Waals surface area contributed by atoms with E-state index in [9.17, 15) is 10.2 Å². The van der Waals surface area contributed by atoms with Gasteiger partial charge < -0.3 is 20.1 Å². The second kappa shape index (κ2) is 5.22. The molecule has 102 valence electrons. The lowest BCUT2D eigenvalue weighted by molar-refractivity contribution is -0.164. The van der Waals surface area contributed by atoms with E-state index in [0.29, 0.717) is 0 Å². The van der Waals surface area contributed by atoms with Crippen LogP contribution in [0.15, 0.2) is 35.3 Å². The minimum Gasteiger partial charge on any atom is -0.394 e. The second-order valence-corrected chi connectivity index (χ2v) is 5.70. The number of thioether (sulfide) groups is 1. The Kier molecular flexibility index (Phi) is 3.60. The fraction of sp³-hybridized carbons (Fsp3) is 0.462. The van der Waals surface area contributed by atoms with Gasteiger partial charge in [-0.1, -0.05) is 42.1 Å². The van der Waals surface area contributed by atoms with E-state index in [2.05, 4.69) is 4.99 Å². The van der Waals surface area contributed by atoms with E-state index in [0.717, 1.165) is 10.6 Å². The van der Waals surface area contributed by atoms with Crippen LogP contribution >= 0.6 is 11.8 Å². The molecule has 2 aliphatic heterocycles. The average Bonchev–Trinajstić information content (AvgIpc) is 2.88. The van der Waals surface area contributed by atoms with Crippen molar-refractivity contribution in [3.8, 4) is 0 Å². The number of aliphatic hydroxyl groups is 3. The van der Waals surface area contributed by atoms with Gasteiger partial charge in [-0.05, 0) is 0 Å². The van der Waals surface area contributed by atoms with Crippen LogP contribution in [0.3, 0.4) is 0 Å². The third kappa shape index (κ3) is 2.30. The first-order valence-electron chi connectivity index (χ1n) is 6.13. The van der Waals surface area contributed by atoms with E-state index in [-0.39, 0.29) is 12.0 Å². The van der Waals surface area contributed by atoms with Crippen LogP contribution in [0, 0.1) is 0 Å². The number of hydrogen-bond acceptors (Lipinski definition) is 6. The molecule has 3 rings (SSSR count). The largest absolute Gasteiger partial charge is 0.394 e. The van der Waals surface area contributed by atoms with Gasteiger partial charge >= 0.3 is 0 Å². The molecule has 1 fully saturated rings. The zero-order valence-electron chi connectivity index (χ0n) is 10.1. The summed E-state index contributed by atoms with van der Waals surface area (Å²) in [5, 5.41) is 29.8. The Balaban J connectivity index is 1.84. The van der Waals surface area contributed by atoms with Crippen molar-refractivity contribution in [3.63, 3.8) is 0 Å². The summed E-state index contributed by atoms with van der Waals surface area (Å²) in [6.07, 6.45) is -2.87. The van der Waals surface area contributed by atoms with Crippen LogP contribution in [0.5, 0.6) is 0 Å². The topological polar surface area (TPSA) is 82.3 Å². The summed E-state index contributed by atoms with van der Waals surface area (Å²) in [4.78, 5) is 4.44. The van der Waals surface area contributed by atoms with Crippen LogP contribution in [0.2, 0.25) is 0 Å². The van der Waals surface area contributed by atoms with Crippen LogP contribution in [0.4, 0.5) is 0 Å². The van der Waals surface area contributed by atoms with E-state index in [1.54, 1.807) is 0 Å². The van der Waals surface area contributed by atoms with Gasteiger partial charge in [0.2, 0.25) is 0 Å². The maximum absolute atomic E-state index is 10.1. The smallest absolute Gasteiger partial charge is 0.134 e. The Morgan fingerprint density at radius 1 is 1.16 bits per heavy atom. The summed E-state index contributed by atoms with van der Waals surface area (Å²) < 4.78 is 5.58. The number of hydrogen-bond donors (Lipinski definition) is 3. The van der Waals surface area contributed by atoms with Crippen molar-refractivity contribution >= 4 is 16.8 Å². The fourth-order valence-corrected chi connectivity index (χ4v) is 3.54. The minimum atomic E-state index is -1.11. The standard InChI is InChI=1S/C13H15NO4S/c15-6-8-10(16)11(17)9-13(18-8)19-12(14-9)7-4-2-1-3-5-7/h1-5,8-11,13,15-17H,6H2/t8-,9?,10-,11-,13?/m1/s1. The normalized spacial score (nSPS) is 37.8. The molecule has 2 aliphatic rings. The highest BCUT2D eigenvalue weighted by atomic mass is 32.2. The number of aliphatic hydroxyl groups excluding tert-OH is 3. The van der Waals surface area contributed by atoms with Crippen molar-refractivity contribution in [2.24, 2.45) is 4.99 Å². The number of aliphatic imine (C=N–C) groups is 1. The van der Waals surface area contributed by atoms with Gasteiger partial charge in [-0.3, -0.25) is 4.99 Å². The van der Waals surface area contributed by atoms with E-state index >= 15 is 0 Å². The summed E-state index contributed by atoms with van der Waals surface area (Å²) in [5.74, 6) is 0. The number of benzene rings is 1. The highest BCUT2D eigenvalue weighted by Gasteiger charge is 2.47. The Bertz CT molecular complexity index is 481. The Hall–Kier alpha value is -0.920. The first-order valence-corrected chi connectivity index (χ1v) is 7.01. The van der Waals surface area contributed by atoms with Crippen LogP contribution in [-0.4, -0.2) is 56.8 Å². The molecule has 19 heavy (non-hydrogen) atoms. The molecule has 2 heterocycles. The van der Waals surface area contributed by atoms with Crippen molar-refractivity contribution in [2.45, 2.75) is 29.8 Å².